The van der Waals surface area contributed by atoms with Crippen LogP contribution in [0.3, 0.4) is 0 Å². The van der Waals surface area contributed by atoms with Crippen LogP contribution >= 0.6 is 11.6 Å². The summed E-state index contributed by atoms with van der Waals surface area (Å²) in [6, 6.07) is 24.1. The molecule has 0 radical (unpaired) electrons. The molecule has 0 atom stereocenters. The molecule has 0 saturated heterocycles. The summed E-state index contributed by atoms with van der Waals surface area (Å²) in [5.41, 5.74) is 1.89. The highest BCUT2D eigenvalue weighted by molar-refractivity contribution is 6.30. The second-order valence-electron chi connectivity index (χ2n) is 6.39. The number of hydrogen-bond acceptors (Lipinski definition) is 2. The Kier molecular flexibility index (Phi) is 4.65. The molecule has 0 N–H and O–H groups in total. The summed E-state index contributed by atoms with van der Waals surface area (Å²) >= 11 is 5.94. The molecule has 4 nitrogen and oxygen atoms in total. The van der Waals surface area contributed by atoms with Gasteiger partial charge in [-0.3, -0.25) is 13.9 Å². The van der Waals surface area contributed by atoms with Gasteiger partial charge in [-0.25, -0.2) is 4.79 Å². The Bertz CT molecular complexity index is 1210. The summed E-state index contributed by atoms with van der Waals surface area (Å²) in [4.78, 5) is 26.1. The van der Waals surface area contributed by atoms with Crippen LogP contribution in [0.15, 0.2) is 88.5 Å². The molecule has 0 unspecified atom stereocenters. The molecule has 1 heterocycles. The minimum Gasteiger partial charge on any atom is -0.289 e. The van der Waals surface area contributed by atoms with Gasteiger partial charge in [-0.15, -0.1) is 0 Å². The average Bonchev–Trinajstić information content (AvgIpc) is 2.71. The van der Waals surface area contributed by atoms with Gasteiger partial charge < -0.3 is 0 Å². The van der Waals surface area contributed by atoms with E-state index in [0.717, 1.165) is 11.1 Å². The lowest BCUT2D eigenvalue weighted by Gasteiger charge is -2.14. The topological polar surface area (TPSA) is 44.0 Å². The third-order valence-corrected chi connectivity index (χ3v) is 4.82. The number of halogens is 1. The van der Waals surface area contributed by atoms with Crippen LogP contribution in [0, 0.1) is 0 Å². The second kappa shape index (κ2) is 7.25. The summed E-state index contributed by atoms with van der Waals surface area (Å²) in [5.74, 6) is 0. The lowest BCUT2D eigenvalue weighted by Crippen LogP contribution is -2.40. The number of rotatable bonds is 4. The van der Waals surface area contributed by atoms with Crippen molar-refractivity contribution >= 4 is 22.5 Å². The van der Waals surface area contributed by atoms with Gasteiger partial charge in [0.1, 0.15) is 0 Å². The third kappa shape index (κ3) is 3.44. The first-order valence-electron chi connectivity index (χ1n) is 8.64. The van der Waals surface area contributed by atoms with E-state index < -0.39 is 0 Å². The average molecular weight is 377 g/mol. The molecular weight excluding hydrogens is 360 g/mol. The van der Waals surface area contributed by atoms with Crippen LogP contribution in [0.5, 0.6) is 0 Å². The molecule has 4 rings (SSSR count). The Morgan fingerprint density at radius 1 is 0.667 bits per heavy atom. The predicted molar refractivity (Wildman–Crippen MR) is 109 cm³/mol. The third-order valence-electron chi connectivity index (χ3n) is 4.57. The molecule has 4 aromatic rings. The second-order valence-corrected chi connectivity index (χ2v) is 6.83. The van der Waals surface area contributed by atoms with Crippen molar-refractivity contribution in [1.29, 1.82) is 0 Å². The van der Waals surface area contributed by atoms with Gasteiger partial charge in [0, 0.05) is 5.02 Å². The van der Waals surface area contributed by atoms with E-state index in [1.54, 1.807) is 22.8 Å². The lowest BCUT2D eigenvalue weighted by molar-refractivity contribution is 0.635. The lowest BCUT2D eigenvalue weighted by atomic mass is 10.2. The van der Waals surface area contributed by atoms with Crippen LogP contribution in [-0.4, -0.2) is 9.13 Å². The van der Waals surface area contributed by atoms with Gasteiger partial charge in [-0.1, -0.05) is 66.2 Å². The van der Waals surface area contributed by atoms with Crippen molar-refractivity contribution in [3.8, 4) is 0 Å². The maximum atomic E-state index is 13.2. The van der Waals surface area contributed by atoms with E-state index in [-0.39, 0.29) is 17.8 Å². The zero-order valence-corrected chi connectivity index (χ0v) is 15.3. The molecule has 27 heavy (non-hydrogen) atoms. The van der Waals surface area contributed by atoms with Crippen LogP contribution < -0.4 is 11.2 Å². The summed E-state index contributed by atoms with van der Waals surface area (Å²) in [6.45, 7) is 0.607. The highest BCUT2D eigenvalue weighted by Gasteiger charge is 2.13. The standard InChI is InChI=1S/C22H17ClN2O2/c23-18-12-10-17(11-13-18)15-25-21(26)19-8-4-5-9-20(19)24(22(25)27)14-16-6-2-1-3-7-16/h1-13H,14-15H2. The van der Waals surface area contributed by atoms with Crippen LogP contribution in [0.2, 0.25) is 5.02 Å². The van der Waals surface area contributed by atoms with Gasteiger partial charge >= 0.3 is 5.69 Å². The van der Waals surface area contributed by atoms with Gasteiger partial charge in [0.2, 0.25) is 0 Å². The molecule has 0 aliphatic rings. The quantitative estimate of drug-likeness (QED) is 0.542. The number of para-hydroxylation sites is 1. The Hall–Kier alpha value is -3.11. The smallest absolute Gasteiger partial charge is 0.289 e. The van der Waals surface area contributed by atoms with Crippen LogP contribution in [0.4, 0.5) is 0 Å². The molecule has 134 valence electrons. The number of fused-ring (bicyclic) bond motifs is 1. The highest BCUT2D eigenvalue weighted by Crippen LogP contribution is 2.12. The van der Waals surface area contributed by atoms with Crippen molar-refractivity contribution in [2.24, 2.45) is 0 Å². The van der Waals surface area contributed by atoms with E-state index >= 15 is 0 Å². The summed E-state index contributed by atoms with van der Waals surface area (Å²) in [5, 5.41) is 1.15. The van der Waals surface area contributed by atoms with Crippen LogP contribution in [-0.2, 0) is 13.1 Å². The Labute approximate surface area is 160 Å². The van der Waals surface area contributed by atoms with Crippen molar-refractivity contribution in [2.45, 2.75) is 13.1 Å². The number of aromatic nitrogens is 2. The molecule has 0 fully saturated rings. The van der Waals surface area contributed by atoms with Gasteiger partial charge in [-0.05, 0) is 35.4 Å². The predicted octanol–water partition coefficient (Wildman–Crippen LogP) is 3.91. The fraction of sp³-hybridized carbons (Fsp3) is 0.0909. The Morgan fingerprint density at radius 2 is 1.26 bits per heavy atom. The number of benzene rings is 3. The maximum absolute atomic E-state index is 13.2. The molecule has 0 aliphatic carbocycles. The van der Waals surface area contributed by atoms with Gasteiger partial charge in [0.05, 0.1) is 24.0 Å². The Balaban J connectivity index is 1.90. The minimum absolute atomic E-state index is 0.203. The van der Waals surface area contributed by atoms with E-state index in [4.69, 9.17) is 11.6 Å². The molecule has 5 heteroatoms. The van der Waals surface area contributed by atoms with Crippen molar-refractivity contribution in [3.05, 3.63) is 116 Å². The van der Waals surface area contributed by atoms with E-state index in [2.05, 4.69) is 0 Å². The molecule has 0 bridgehead atoms. The number of nitrogens with zero attached hydrogens (tertiary/aromatic N) is 2. The summed E-state index contributed by atoms with van der Waals surface area (Å²) < 4.78 is 2.94. The maximum Gasteiger partial charge on any atom is 0.332 e. The molecule has 0 amide bonds. The zero-order valence-electron chi connectivity index (χ0n) is 14.5. The molecular formula is C22H17ClN2O2. The Morgan fingerprint density at radius 3 is 2.00 bits per heavy atom. The molecule has 0 saturated carbocycles. The van der Waals surface area contributed by atoms with Crippen molar-refractivity contribution in [3.63, 3.8) is 0 Å². The van der Waals surface area contributed by atoms with E-state index in [1.807, 2.05) is 60.7 Å². The fourth-order valence-corrected chi connectivity index (χ4v) is 3.33. The molecule has 3 aromatic carbocycles. The van der Waals surface area contributed by atoms with Gasteiger partial charge in [-0.2, -0.15) is 0 Å². The van der Waals surface area contributed by atoms with Crippen LogP contribution in [0.1, 0.15) is 11.1 Å². The molecule has 0 aliphatic heterocycles. The fourth-order valence-electron chi connectivity index (χ4n) is 3.20. The van der Waals surface area contributed by atoms with Crippen LogP contribution in [0.25, 0.3) is 10.9 Å². The largest absolute Gasteiger partial charge is 0.332 e. The highest BCUT2D eigenvalue weighted by atomic mass is 35.5. The molecule has 0 spiro atoms. The summed E-state index contributed by atoms with van der Waals surface area (Å²) in [6.07, 6.45) is 0. The number of hydrogen-bond donors (Lipinski definition) is 0. The van der Waals surface area contributed by atoms with Gasteiger partial charge in [0.25, 0.3) is 5.56 Å². The first-order valence-corrected chi connectivity index (χ1v) is 9.02. The van der Waals surface area contributed by atoms with Gasteiger partial charge in [0.15, 0.2) is 0 Å². The monoisotopic (exact) mass is 376 g/mol. The van der Waals surface area contributed by atoms with E-state index in [9.17, 15) is 9.59 Å². The van der Waals surface area contributed by atoms with E-state index in [1.165, 1.54) is 4.57 Å². The first-order chi connectivity index (χ1) is 13.1. The minimum atomic E-state index is -0.322. The molecule has 1 aromatic heterocycles. The normalized spacial score (nSPS) is 11.0. The zero-order chi connectivity index (χ0) is 18.8. The van der Waals surface area contributed by atoms with Crippen molar-refractivity contribution in [2.75, 3.05) is 0 Å². The van der Waals surface area contributed by atoms with Crippen molar-refractivity contribution in [1.82, 2.24) is 9.13 Å². The van der Waals surface area contributed by atoms with E-state index in [0.29, 0.717) is 22.5 Å². The summed E-state index contributed by atoms with van der Waals surface area (Å²) in [7, 11) is 0. The van der Waals surface area contributed by atoms with Crippen molar-refractivity contribution < 1.29 is 0 Å². The first kappa shape index (κ1) is 17.3. The SMILES string of the molecule is O=c1c2ccccc2n(Cc2ccccc2)c(=O)n1Cc1ccc(Cl)cc1.